The van der Waals surface area contributed by atoms with Crippen LogP contribution in [0.5, 0.6) is 0 Å². The van der Waals surface area contributed by atoms with Crippen LogP contribution in [-0.2, 0) is 9.53 Å². The molecule has 0 aromatic rings. The number of amides is 1. The SMILES string of the molecule is CC1C(=O)[C@H]2CCC[C@@H]2N1C(=O)OC(C)(C)C. The van der Waals surface area contributed by atoms with Crippen molar-refractivity contribution in [2.24, 2.45) is 5.92 Å². The summed E-state index contributed by atoms with van der Waals surface area (Å²) >= 11 is 0. The molecule has 0 aromatic heterocycles. The van der Waals surface area contributed by atoms with Crippen LogP contribution in [0.1, 0.15) is 47.0 Å². The zero-order valence-corrected chi connectivity index (χ0v) is 11.0. The van der Waals surface area contributed by atoms with E-state index in [4.69, 9.17) is 4.74 Å². The molecule has 1 saturated heterocycles. The van der Waals surface area contributed by atoms with Crippen LogP contribution in [0, 0.1) is 5.92 Å². The van der Waals surface area contributed by atoms with Gasteiger partial charge in [-0.05, 0) is 40.5 Å². The van der Waals surface area contributed by atoms with Crippen molar-refractivity contribution < 1.29 is 14.3 Å². The summed E-state index contributed by atoms with van der Waals surface area (Å²) in [5.74, 6) is 0.260. The van der Waals surface area contributed by atoms with E-state index in [0.717, 1.165) is 19.3 Å². The van der Waals surface area contributed by atoms with Crippen LogP contribution in [0.25, 0.3) is 0 Å². The van der Waals surface area contributed by atoms with Crippen LogP contribution in [0.15, 0.2) is 0 Å². The van der Waals surface area contributed by atoms with Crippen molar-refractivity contribution >= 4 is 11.9 Å². The second-order valence-electron chi connectivity index (χ2n) is 6.07. The van der Waals surface area contributed by atoms with Gasteiger partial charge in [-0.3, -0.25) is 9.69 Å². The number of carbonyl (C=O) groups is 2. The highest BCUT2D eigenvalue weighted by atomic mass is 16.6. The maximum atomic E-state index is 12.1. The third kappa shape index (κ3) is 2.17. The number of fused-ring (bicyclic) bond motifs is 1. The lowest BCUT2D eigenvalue weighted by Crippen LogP contribution is -2.44. The first-order valence-corrected chi connectivity index (χ1v) is 6.36. The Kier molecular flexibility index (Phi) is 2.92. The third-order valence-electron chi connectivity index (χ3n) is 3.64. The van der Waals surface area contributed by atoms with Gasteiger partial charge in [-0.15, -0.1) is 0 Å². The summed E-state index contributed by atoms with van der Waals surface area (Å²) in [5, 5.41) is 0. The molecule has 1 unspecified atom stereocenters. The van der Waals surface area contributed by atoms with Gasteiger partial charge in [0.2, 0.25) is 0 Å². The highest BCUT2D eigenvalue weighted by Crippen LogP contribution is 2.39. The number of Topliss-reactive ketones (excluding diaryl/α,β-unsaturated/α-hetero) is 1. The van der Waals surface area contributed by atoms with Gasteiger partial charge in [-0.25, -0.2) is 4.79 Å². The molecule has 1 aliphatic carbocycles. The van der Waals surface area contributed by atoms with E-state index >= 15 is 0 Å². The molecule has 3 atom stereocenters. The predicted octanol–water partition coefficient (Wildman–Crippen LogP) is 2.36. The van der Waals surface area contributed by atoms with Gasteiger partial charge >= 0.3 is 6.09 Å². The highest BCUT2D eigenvalue weighted by molar-refractivity contribution is 5.93. The predicted molar refractivity (Wildman–Crippen MR) is 63.7 cm³/mol. The van der Waals surface area contributed by atoms with E-state index in [1.165, 1.54) is 0 Å². The number of ether oxygens (including phenoxy) is 1. The Morgan fingerprint density at radius 3 is 2.59 bits per heavy atom. The zero-order valence-electron chi connectivity index (χ0n) is 11.0. The Morgan fingerprint density at radius 1 is 1.35 bits per heavy atom. The lowest BCUT2D eigenvalue weighted by atomic mass is 10.0. The van der Waals surface area contributed by atoms with Crippen molar-refractivity contribution in [1.29, 1.82) is 0 Å². The summed E-state index contributed by atoms with van der Waals surface area (Å²) in [4.78, 5) is 25.8. The van der Waals surface area contributed by atoms with Gasteiger partial charge in [0.05, 0.1) is 6.04 Å². The summed E-state index contributed by atoms with van der Waals surface area (Å²) < 4.78 is 5.38. The minimum Gasteiger partial charge on any atom is -0.444 e. The molecule has 1 saturated carbocycles. The molecular weight excluding hydrogens is 218 g/mol. The Hall–Kier alpha value is -1.06. The lowest BCUT2D eigenvalue weighted by molar-refractivity contribution is -0.122. The molecule has 0 aromatic carbocycles. The second-order valence-corrected chi connectivity index (χ2v) is 6.07. The Balaban J connectivity index is 2.15. The average Bonchev–Trinajstić information content (AvgIpc) is 2.69. The van der Waals surface area contributed by atoms with Gasteiger partial charge in [0, 0.05) is 12.0 Å². The van der Waals surface area contributed by atoms with Crippen molar-refractivity contribution in [2.45, 2.75) is 64.6 Å². The number of hydrogen-bond donors (Lipinski definition) is 0. The molecule has 0 N–H and O–H groups in total. The maximum Gasteiger partial charge on any atom is 0.411 e. The monoisotopic (exact) mass is 239 g/mol. The normalized spacial score (nSPS) is 32.8. The molecular formula is C13H21NO3. The number of hydrogen-bond acceptors (Lipinski definition) is 3. The van der Waals surface area contributed by atoms with Crippen molar-refractivity contribution in [3.05, 3.63) is 0 Å². The van der Waals surface area contributed by atoms with Crippen molar-refractivity contribution in [1.82, 2.24) is 4.90 Å². The number of carbonyl (C=O) groups excluding carboxylic acids is 2. The molecule has 4 heteroatoms. The minimum absolute atomic E-state index is 0.0533. The maximum absolute atomic E-state index is 12.1. The summed E-state index contributed by atoms with van der Waals surface area (Å²) in [6.45, 7) is 7.35. The smallest absolute Gasteiger partial charge is 0.411 e. The second kappa shape index (κ2) is 4.00. The van der Waals surface area contributed by atoms with Crippen LogP contribution >= 0.6 is 0 Å². The molecule has 2 aliphatic rings. The Morgan fingerprint density at radius 2 is 2.00 bits per heavy atom. The first-order chi connectivity index (χ1) is 7.81. The molecule has 4 nitrogen and oxygen atoms in total. The zero-order chi connectivity index (χ0) is 12.8. The van der Waals surface area contributed by atoms with Crippen LogP contribution in [0.4, 0.5) is 4.79 Å². The average molecular weight is 239 g/mol. The Bertz CT molecular complexity index is 345. The molecule has 1 heterocycles. The van der Waals surface area contributed by atoms with Gasteiger partial charge in [-0.1, -0.05) is 6.42 Å². The van der Waals surface area contributed by atoms with Crippen molar-refractivity contribution in [3.8, 4) is 0 Å². The van der Waals surface area contributed by atoms with E-state index in [-0.39, 0.29) is 29.9 Å². The van der Waals surface area contributed by atoms with Crippen molar-refractivity contribution in [3.63, 3.8) is 0 Å². The fourth-order valence-corrected chi connectivity index (χ4v) is 2.95. The molecule has 96 valence electrons. The number of nitrogens with zero attached hydrogens (tertiary/aromatic N) is 1. The highest BCUT2D eigenvalue weighted by Gasteiger charge is 2.51. The fraction of sp³-hybridized carbons (Fsp3) is 0.846. The summed E-state index contributed by atoms with van der Waals surface area (Å²) in [7, 11) is 0. The van der Waals surface area contributed by atoms with Gasteiger partial charge < -0.3 is 4.74 Å². The van der Waals surface area contributed by atoms with Crippen LogP contribution < -0.4 is 0 Å². The van der Waals surface area contributed by atoms with Gasteiger partial charge in [-0.2, -0.15) is 0 Å². The number of ketones is 1. The van der Waals surface area contributed by atoms with E-state index in [1.54, 1.807) is 4.90 Å². The summed E-state index contributed by atoms with van der Waals surface area (Å²) in [6.07, 6.45) is 2.55. The molecule has 1 aliphatic heterocycles. The molecule has 2 fully saturated rings. The van der Waals surface area contributed by atoms with Gasteiger partial charge in [0.15, 0.2) is 5.78 Å². The van der Waals surface area contributed by atoms with Crippen LogP contribution in [-0.4, -0.2) is 34.5 Å². The van der Waals surface area contributed by atoms with Gasteiger partial charge in [0.25, 0.3) is 0 Å². The van der Waals surface area contributed by atoms with Crippen molar-refractivity contribution in [2.75, 3.05) is 0 Å². The largest absolute Gasteiger partial charge is 0.444 e. The van der Waals surface area contributed by atoms with E-state index in [1.807, 2.05) is 27.7 Å². The van der Waals surface area contributed by atoms with E-state index in [0.29, 0.717) is 0 Å². The number of likely N-dealkylation sites (tertiary alicyclic amines) is 1. The van der Waals surface area contributed by atoms with E-state index < -0.39 is 5.60 Å². The van der Waals surface area contributed by atoms with Crippen LogP contribution in [0.3, 0.4) is 0 Å². The van der Waals surface area contributed by atoms with E-state index in [9.17, 15) is 9.59 Å². The molecule has 1 amide bonds. The third-order valence-corrected chi connectivity index (χ3v) is 3.64. The lowest BCUT2D eigenvalue weighted by Gasteiger charge is -2.30. The molecule has 0 spiro atoms. The molecule has 17 heavy (non-hydrogen) atoms. The molecule has 0 radical (unpaired) electrons. The quantitative estimate of drug-likeness (QED) is 0.652. The molecule has 0 bridgehead atoms. The molecule has 2 rings (SSSR count). The fourth-order valence-electron chi connectivity index (χ4n) is 2.95. The summed E-state index contributed by atoms with van der Waals surface area (Å²) in [6, 6.07) is -0.243. The first kappa shape index (κ1) is 12.4. The first-order valence-electron chi connectivity index (χ1n) is 6.36. The van der Waals surface area contributed by atoms with Crippen LogP contribution in [0.2, 0.25) is 0 Å². The Labute approximate surface area is 102 Å². The van der Waals surface area contributed by atoms with E-state index in [2.05, 4.69) is 0 Å². The van der Waals surface area contributed by atoms with Gasteiger partial charge in [0.1, 0.15) is 5.60 Å². The number of rotatable bonds is 0. The topological polar surface area (TPSA) is 46.6 Å². The summed E-state index contributed by atoms with van der Waals surface area (Å²) in [5.41, 5.74) is -0.503. The minimum atomic E-state index is -0.503. The standard InChI is InChI=1S/C13H21NO3/c1-8-11(15)9-6-5-7-10(9)14(8)12(16)17-13(2,3)4/h8-10H,5-7H2,1-4H3/t8?,9-,10-/m0/s1.